The standard InChI is InChI=1S/C15H21NO3S/c17-11-14-5-7-15(8-6-14)20(18,19)16(9-12-1-2-12)10-13-3-4-13/h5-8,12-13,17H,1-4,9-11H2. The zero-order chi connectivity index (χ0) is 14.2. The van der Waals surface area contributed by atoms with Gasteiger partial charge in [0.25, 0.3) is 0 Å². The van der Waals surface area contributed by atoms with Gasteiger partial charge in [-0.15, -0.1) is 0 Å². The first-order chi connectivity index (χ1) is 9.59. The van der Waals surface area contributed by atoms with Crippen molar-refractivity contribution in [2.45, 2.75) is 37.2 Å². The lowest BCUT2D eigenvalue weighted by atomic mass is 10.2. The predicted molar refractivity (Wildman–Crippen MR) is 76.6 cm³/mol. The third-order valence-corrected chi connectivity index (χ3v) is 5.91. The van der Waals surface area contributed by atoms with E-state index >= 15 is 0 Å². The summed E-state index contributed by atoms with van der Waals surface area (Å²) < 4.78 is 27.1. The Morgan fingerprint density at radius 3 is 1.90 bits per heavy atom. The molecule has 2 fully saturated rings. The number of rotatable bonds is 7. The van der Waals surface area contributed by atoms with Crippen molar-refractivity contribution in [2.75, 3.05) is 13.1 Å². The monoisotopic (exact) mass is 295 g/mol. The first kappa shape index (κ1) is 14.0. The Bertz CT molecular complexity index is 545. The molecular formula is C15H21NO3S. The normalized spacial score (nSPS) is 19.5. The fraction of sp³-hybridized carbons (Fsp3) is 0.600. The van der Waals surface area contributed by atoms with Gasteiger partial charge in [0.15, 0.2) is 0 Å². The summed E-state index contributed by atoms with van der Waals surface area (Å²) in [6, 6.07) is 6.57. The topological polar surface area (TPSA) is 57.6 Å². The van der Waals surface area contributed by atoms with Crippen LogP contribution in [-0.2, 0) is 16.6 Å². The molecule has 1 N–H and O–H groups in total. The molecule has 0 radical (unpaired) electrons. The van der Waals surface area contributed by atoms with E-state index in [1.165, 1.54) is 0 Å². The molecule has 3 rings (SSSR count). The van der Waals surface area contributed by atoms with E-state index in [0.29, 0.717) is 29.8 Å². The summed E-state index contributed by atoms with van der Waals surface area (Å²) in [4.78, 5) is 0.344. The molecule has 0 amide bonds. The van der Waals surface area contributed by atoms with Gasteiger partial charge >= 0.3 is 0 Å². The molecule has 0 aliphatic heterocycles. The van der Waals surface area contributed by atoms with E-state index in [-0.39, 0.29) is 6.61 Å². The highest BCUT2D eigenvalue weighted by Gasteiger charge is 2.35. The fourth-order valence-corrected chi connectivity index (χ4v) is 3.96. The molecule has 20 heavy (non-hydrogen) atoms. The summed E-state index contributed by atoms with van der Waals surface area (Å²) in [6.07, 6.45) is 4.61. The molecular weight excluding hydrogens is 274 g/mol. The van der Waals surface area contributed by atoms with Gasteiger partial charge in [0.2, 0.25) is 10.0 Å². The summed E-state index contributed by atoms with van der Waals surface area (Å²) in [7, 11) is -3.38. The highest BCUT2D eigenvalue weighted by Crippen LogP contribution is 2.35. The van der Waals surface area contributed by atoms with E-state index < -0.39 is 10.0 Å². The van der Waals surface area contributed by atoms with Crippen LogP contribution in [0.4, 0.5) is 0 Å². The van der Waals surface area contributed by atoms with Crippen LogP contribution in [0, 0.1) is 11.8 Å². The Hall–Kier alpha value is -0.910. The molecule has 2 aliphatic rings. The molecule has 0 heterocycles. The Morgan fingerprint density at radius 2 is 1.50 bits per heavy atom. The molecule has 0 atom stereocenters. The molecule has 2 aliphatic carbocycles. The van der Waals surface area contributed by atoms with Gasteiger partial charge in [0, 0.05) is 13.1 Å². The van der Waals surface area contributed by atoms with Crippen molar-refractivity contribution >= 4 is 10.0 Å². The van der Waals surface area contributed by atoms with Crippen molar-refractivity contribution in [2.24, 2.45) is 11.8 Å². The smallest absolute Gasteiger partial charge is 0.243 e. The molecule has 1 aromatic rings. The SMILES string of the molecule is O=S(=O)(c1ccc(CO)cc1)N(CC1CC1)CC1CC1. The van der Waals surface area contributed by atoms with Gasteiger partial charge in [-0.3, -0.25) is 0 Å². The zero-order valence-corrected chi connectivity index (χ0v) is 12.3. The third-order valence-electron chi connectivity index (χ3n) is 4.06. The molecule has 0 spiro atoms. The number of benzene rings is 1. The zero-order valence-electron chi connectivity index (χ0n) is 11.5. The van der Waals surface area contributed by atoms with E-state index in [0.717, 1.165) is 31.2 Å². The second kappa shape index (κ2) is 5.47. The minimum atomic E-state index is -3.38. The maximum Gasteiger partial charge on any atom is 0.243 e. The van der Waals surface area contributed by atoms with E-state index in [4.69, 9.17) is 5.11 Å². The minimum Gasteiger partial charge on any atom is -0.392 e. The lowest BCUT2D eigenvalue weighted by Crippen LogP contribution is -2.34. The molecule has 1 aromatic carbocycles. The van der Waals surface area contributed by atoms with Gasteiger partial charge in [-0.05, 0) is 55.2 Å². The van der Waals surface area contributed by atoms with Crippen molar-refractivity contribution in [1.29, 1.82) is 0 Å². The first-order valence-corrected chi connectivity index (χ1v) is 8.73. The predicted octanol–water partition coefficient (Wildman–Crippen LogP) is 1.99. The lowest BCUT2D eigenvalue weighted by molar-refractivity contribution is 0.281. The lowest BCUT2D eigenvalue weighted by Gasteiger charge is -2.22. The van der Waals surface area contributed by atoms with Crippen LogP contribution in [0.2, 0.25) is 0 Å². The number of hydrogen-bond acceptors (Lipinski definition) is 3. The van der Waals surface area contributed by atoms with Crippen molar-refractivity contribution < 1.29 is 13.5 Å². The molecule has 4 nitrogen and oxygen atoms in total. The highest BCUT2D eigenvalue weighted by atomic mass is 32.2. The van der Waals surface area contributed by atoms with Gasteiger partial charge in [-0.25, -0.2) is 8.42 Å². The molecule has 0 bridgehead atoms. The Morgan fingerprint density at radius 1 is 1.00 bits per heavy atom. The van der Waals surface area contributed by atoms with Gasteiger partial charge in [0.05, 0.1) is 11.5 Å². The number of sulfonamides is 1. The summed E-state index contributed by atoms with van der Waals surface area (Å²) in [5.41, 5.74) is 0.736. The number of nitrogens with zero attached hydrogens (tertiary/aromatic N) is 1. The summed E-state index contributed by atoms with van der Waals surface area (Å²) in [5.74, 6) is 1.11. The molecule has 0 unspecified atom stereocenters. The fourth-order valence-electron chi connectivity index (χ4n) is 2.36. The average molecular weight is 295 g/mol. The summed E-state index contributed by atoms with van der Waals surface area (Å²) in [5, 5.41) is 9.04. The maximum atomic E-state index is 12.7. The van der Waals surface area contributed by atoms with Crippen LogP contribution in [0.15, 0.2) is 29.2 Å². The van der Waals surface area contributed by atoms with Crippen LogP contribution in [0.3, 0.4) is 0 Å². The third kappa shape index (κ3) is 3.22. The average Bonchev–Trinajstić information content (AvgIpc) is 3.33. The highest BCUT2D eigenvalue weighted by molar-refractivity contribution is 7.89. The number of aliphatic hydroxyl groups is 1. The van der Waals surface area contributed by atoms with Gasteiger partial charge in [0.1, 0.15) is 0 Å². The van der Waals surface area contributed by atoms with E-state index in [1.807, 2.05) is 0 Å². The number of hydrogen-bond donors (Lipinski definition) is 1. The second-order valence-corrected chi connectivity index (χ2v) is 7.95. The molecule has 2 saturated carbocycles. The Labute approximate surface area is 120 Å². The second-order valence-electron chi connectivity index (χ2n) is 6.01. The van der Waals surface area contributed by atoms with Gasteiger partial charge in [-0.1, -0.05) is 12.1 Å². The van der Waals surface area contributed by atoms with Crippen molar-refractivity contribution in [3.63, 3.8) is 0 Å². The van der Waals surface area contributed by atoms with Crippen LogP contribution in [0.5, 0.6) is 0 Å². The van der Waals surface area contributed by atoms with Gasteiger partial charge < -0.3 is 5.11 Å². The van der Waals surface area contributed by atoms with Crippen molar-refractivity contribution in [1.82, 2.24) is 4.31 Å². The van der Waals surface area contributed by atoms with Crippen molar-refractivity contribution in [3.05, 3.63) is 29.8 Å². The molecule has 110 valence electrons. The first-order valence-electron chi connectivity index (χ1n) is 7.29. The molecule has 5 heteroatoms. The maximum absolute atomic E-state index is 12.7. The summed E-state index contributed by atoms with van der Waals surface area (Å²) >= 11 is 0. The molecule has 0 aromatic heterocycles. The summed E-state index contributed by atoms with van der Waals surface area (Å²) in [6.45, 7) is 1.27. The van der Waals surface area contributed by atoms with Crippen LogP contribution >= 0.6 is 0 Å². The van der Waals surface area contributed by atoms with Crippen molar-refractivity contribution in [3.8, 4) is 0 Å². The quantitative estimate of drug-likeness (QED) is 0.837. The van der Waals surface area contributed by atoms with E-state index in [9.17, 15) is 8.42 Å². The Kier molecular flexibility index (Phi) is 3.84. The van der Waals surface area contributed by atoms with Crippen LogP contribution in [0.1, 0.15) is 31.2 Å². The van der Waals surface area contributed by atoms with Gasteiger partial charge in [-0.2, -0.15) is 4.31 Å². The van der Waals surface area contributed by atoms with E-state index in [1.54, 1.807) is 28.6 Å². The van der Waals surface area contributed by atoms with Crippen LogP contribution in [0.25, 0.3) is 0 Å². The minimum absolute atomic E-state index is 0.0613. The molecule has 0 saturated heterocycles. The van der Waals surface area contributed by atoms with E-state index in [2.05, 4.69) is 0 Å². The number of aliphatic hydroxyl groups excluding tert-OH is 1. The largest absolute Gasteiger partial charge is 0.392 e. The van der Waals surface area contributed by atoms with Crippen LogP contribution in [-0.4, -0.2) is 30.9 Å². The van der Waals surface area contributed by atoms with Crippen LogP contribution < -0.4 is 0 Å². The Balaban J connectivity index is 1.81.